The van der Waals surface area contributed by atoms with Crippen molar-refractivity contribution in [2.24, 2.45) is 5.92 Å². The van der Waals surface area contributed by atoms with Crippen molar-refractivity contribution in [3.63, 3.8) is 0 Å². The lowest BCUT2D eigenvalue weighted by atomic mass is 9.95. The summed E-state index contributed by atoms with van der Waals surface area (Å²) in [7, 11) is 0. The van der Waals surface area contributed by atoms with Crippen molar-refractivity contribution in [2.75, 3.05) is 26.2 Å². The Bertz CT molecular complexity index is 549. The van der Waals surface area contributed by atoms with E-state index in [1.165, 1.54) is 0 Å². The number of carboxylic acids is 1. The molecule has 0 saturated carbocycles. The van der Waals surface area contributed by atoms with E-state index in [4.69, 9.17) is 5.11 Å². The Balaban J connectivity index is 1.69. The quantitative estimate of drug-likeness (QED) is 0.901. The van der Waals surface area contributed by atoms with Crippen LogP contribution in [0.2, 0.25) is 0 Å². The molecule has 3 fully saturated rings. The molecule has 1 amide bonds. The van der Waals surface area contributed by atoms with Gasteiger partial charge in [0.15, 0.2) is 0 Å². The molecule has 0 spiro atoms. The molecule has 118 valence electrons. The van der Waals surface area contributed by atoms with Gasteiger partial charge in [-0.25, -0.2) is 0 Å². The van der Waals surface area contributed by atoms with E-state index in [0.717, 1.165) is 25.9 Å². The van der Waals surface area contributed by atoms with Gasteiger partial charge in [-0.2, -0.15) is 0 Å². The molecule has 4 heterocycles. The Morgan fingerprint density at radius 1 is 1.27 bits per heavy atom. The molecule has 3 aliphatic heterocycles. The van der Waals surface area contributed by atoms with Crippen LogP contribution in [0, 0.1) is 5.92 Å². The van der Waals surface area contributed by atoms with Gasteiger partial charge in [0.1, 0.15) is 0 Å². The van der Waals surface area contributed by atoms with Gasteiger partial charge in [-0.3, -0.25) is 19.5 Å². The lowest BCUT2D eigenvalue weighted by Gasteiger charge is -2.35. The number of hydrogen-bond acceptors (Lipinski definition) is 4. The predicted octanol–water partition coefficient (Wildman–Crippen LogP) is 1.09. The second-order valence-corrected chi connectivity index (χ2v) is 6.19. The molecule has 4 rings (SSSR count). The van der Waals surface area contributed by atoms with Crippen LogP contribution in [-0.2, 0) is 4.79 Å². The lowest BCUT2D eigenvalue weighted by molar-refractivity contribution is -0.137. The van der Waals surface area contributed by atoms with Crippen LogP contribution in [-0.4, -0.2) is 64.0 Å². The molecular formula is C16H21N3O3. The molecule has 22 heavy (non-hydrogen) atoms. The normalized spacial score (nSPS) is 25.0. The Morgan fingerprint density at radius 2 is 2.14 bits per heavy atom. The molecule has 6 nitrogen and oxygen atoms in total. The van der Waals surface area contributed by atoms with Crippen LogP contribution in [0.25, 0.3) is 0 Å². The number of aliphatic carboxylic acids is 1. The highest BCUT2D eigenvalue weighted by atomic mass is 16.4. The number of rotatable bonds is 4. The van der Waals surface area contributed by atoms with Crippen molar-refractivity contribution in [3.05, 3.63) is 30.1 Å². The fourth-order valence-electron chi connectivity index (χ4n) is 3.53. The summed E-state index contributed by atoms with van der Waals surface area (Å²) in [6, 6.07) is 3.85. The Kier molecular flexibility index (Phi) is 4.38. The van der Waals surface area contributed by atoms with Crippen molar-refractivity contribution in [1.82, 2.24) is 14.8 Å². The summed E-state index contributed by atoms with van der Waals surface area (Å²) in [5.74, 6) is -0.290. The fourth-order valence-corrected chi connectivity index (χ4v) is 3.53. The number of nitrogens with zero attached hydrogens (tertiary/aromatic N) is 3. The monoisotopic (exact) mass is 303 g/mol. The van der Waals surface area contributed by atoms with Gasteiger partial charge in [0.05, 0.1) is 12.0 Å². The average molecular weight is 303 g/mol. The number of carbonyl (C=O) groups is 2. The maximum Gasteiger partial charge on any atom is 0.304 e. The van der Waals surface area contributed by atoms with Crippen LogP contribution in [0.5, 0.6) is 0 Å². The Labute approximate surface area is 129 Å². The number of hydrogen-bond donors (Lipinski definition) is 1. The van der Waals surface area contributed by atoms with Crippen LogP contribution in [0.3, 0.4) is 0 Å². The van der Waals surface area contributed by atoms with Gasteiger partial charge >= 0.3 is 5.97 Å². The van der Waals surface area contributed by atoms with E-state index in [2.05, 4.69) is 9.88 Å². The number of amides is 1. The van der Waals surface area contributed by atoms with E-state index in [1.54, 1.807) is 24.5 Å². The maximum absolute atomic E-state index is 12.6. The SMILES string of the molecule is O=C(O)CCN1C[C@H]2CC[C@@H]1CN(C(=O)c1cccnc1)C2. The molecule has 2 bridgehead atoms. The first-order valence-electron chi connectivity index (χ1n) is 7.78. The summed E-state index contributed by atoms with van der Waals surface area (Å²) in [6.45, 7) is 2.91. The van der Waals surface area contributed by atoms with E-state index in [0.29, 0.717) is 24.6 Å². The lowest BCUT2D eigenvalue weighted by Crippen LogP contribution is -2.45. The Hall–Kier alpha value is -1.95. The molecule has 1 N–H and O–H groups in total. The number of fused-ring (bicyclic) bond motifs is 4. The van der Waals surface area contributed by atoms with Gasteiger partial charge in [-0.15, -0.1) is 0 Å². The summed E-state index contributed by atoms with van der Waals surface area (Å²) < 4.78 is 0. The van der Waals surface area contributed by atoms with Crippen molar-refractivity contribution in [3.8, 4) is 0 Å². The number of carboxylic acid groups (broad SMARTS) is 1. The van der Waals surface area contributed by atoms with Crippen LogP contribution < -0.4 is 0 Å². The minimum atomic E-state index is -0.761. The molecule has 1 aromatic rings. The van der Waals surface area contributed by atoms with Crippen molar-refractivity contribution in [2.45, 2.75) is 25.3 Å². The molecule has 6 heteroatoms. The molecule has 3 saturated heterocycles. The van der Waals surface area contributed by atoms with Gasteiger partial charge in [0.2, 0.25) is 0 Å². The molecule has 0 unspecified atom stereocenters. The van der Waals surface area contributed by atoms with Crippen LogP contribution >= 0.6 is 0 Å². The average Bonchev–Trinajstić information content (AvgIpc) is 2.84. The zero-order valence-electron chi connectivity index (χ0n) is 12.5. The third-order valence-electron chi connectivity index (χ3n) is 4.64. The zero-order valence-corrected chi connectivity index (χ0v) is 12.5. The van der Waals surface area contributed by atoms with Crippen molar-refractivity contribution >= 4 is 11.9 Å². The second-order valence-electron chi connectivity index (χ2n) is 6.19. The number of carbonyl (C=O) groups excluding carboxylic acids is 1. The first-order valence-corrected chi connectivity index (χ1v) is 7.78. The van der Waals surface area contributed by atoms with Crippen molar-refractivity contribution < 1.29 is 14.7 Å². The minimum absolute atomic E-state index is 0.0325. The predicted molar refractivity (Wildman–Crippen MR) is 80.5 cm³/mol. The van der Waals surface area contributed by atoms with Crippen LogP contribution in [0.4, 0.5) is 0 Å². The number of aromatic nitrogens is 1. The van der Waals surface area contributed by atoms with Crippen molar-refractivity contribution in [1.29, 1.82) is 0 Å². The zero-order chi connectivity index (χ0) is 15.5. The van der Waals surface area contributed by atoms with Crippen LogP contribution in [0.1, 0.15) is 29.6 Å². The molecule has 0 aliphatic carbocycles. The molecule has 0 radical (unpaired) electrons. The molecule has 2 atom stereocenters. The van der Waals surface area contributed by atoms with Gasteiger partial charge in [-0.1, -0.05) is 0 Å². The van der Waals surface area contributed by atoms with E-state index in [9.17, 15) is 9.59 Å². The molecule has 1 aromatic heterocycles. The standard InChI is InChI=1S/C16H21N3O3/c20-15(21)5-7-18-9-12-3-4-14(18)11-19(10-12)16(22)13-2-1-6-17-8-13/h1-2,6,8,12,14H,3-5,7,9-11H2,(H,20,21)/t12-,14-/m1/s1. The molecular weight excluding hydrogens is 282 g/mol. The molecule has 0 aromatic carbocycles. The summed E-state index contributed by atoms with van der Waals surface area (Å²) in [5.41, 5.74) is 0.626. The first kappa shape index (κ1) is 15.0. The third-order valence-corrected chi connectivity index (χ3v) is 4.64. The summed E-state index contributed by atoms with van der Waals surface area (Å²) in [5, 5.41) is 8.88. The minimum Gasteiger partial charge on any atom is -0.481 e. The van der Waals surface area contributed by atoms with Gasteiger partial charge in [0.25, 0.3) is 5.91 Å². The topological polar surface area (TPSA) is 73.7 Å². The summed E-state index contributed by atoms with van der Waals surface area (Å²) >= 11 is 0. The maximum atomic E-state index is 12.6. The van der Waals surface area contributed by atoms with E-state index >= 15 is 0 Å². The highest BCUT2D eigenvalue weighted by molar-refractivity contribution is 5.94. The smallest absolute Gasteiger partial charge is 0.304 e. The summed E-state index contributed by atoms with van der Waals surface area (Å²) in [4.78, 5) is 31.6. The van der Waals surface area contributed by atoms with Gasteiger partial charge in [0, 0.05) is 44.6 Å². The van der Waals surface area contributed by atoms with Gasteiger partial charge < -0.3 is 10.0 Å². The highest BCUT2D eigenvalue weighted by Crippen LogP contribution is 2.28. The number of pyridine rings is 1. The fraction of sp³-hybridized carbons (Fsp3) is 0.562. The molecule has 3 aliphatic rings. The first-order chi connectivity index (χ1) is 10.6. The van der Waals surface area contributed by atoms with E-state index in [-0.39, 0.29) is 18.4 Å². The highest BCUT2D eigenvalue weighted by Gasteiger charge is 2.36. The van der Waals surface area contributed by atoms with Crippen LogP contribution in [0.15, 0.2) is 24.5 Å². The largest absolute Gasteiger partial charge is 0.481 e. The summed E-state index contributed by atoms with van der Waals surface area (Å²) in [6.07, 6.45) is 5.60. The van der Waals surface area contributed by atoms with E-state index in [1.807, 2.05) is 4.90 Å². The third kappa shape index (κ3) is 3.27. The van der Waals surface area contributed by atoms with E-state index < -0.39 is 5.97 Å². The van der Waals surface area contributed by atoms with Gasteiger partial charge in [-0.05, 0) is 30.9 Å². The number of piperidine rings is 1. The second kappa shape index (κ2) is 6.44. The Morgan fingerprint density at radius 3 is 2.86 bits per heavy atom.